The maximum absolute atomic E-state index is 12.5. The van der Waals surface area contributed by atoms with Gasteiger partial charge in [-0.2, -0.15) is 0 Å². The lowest BCUT2D eigenvalue weighted by molar-refractivity contribution is 0.0755. The molecule has 0 unspecified atom stereocenters. The molecule has 0 spiro atoms. The molecule has 28 heavy (non-hydrogen) atoms. The van der Waals surface area contributed by atoms with Crippen molar-refractivity contribution in [2.75, 3.05) is 12.9 Å². The molecule has 2 rings (SSSR count). The third-order valence-corrected chi connectivity index (χ3v) is 6.28. The fraction of sp³-hybridized carbons (Fsp3) is 0.381. The molecule has 7 heteroatoms. The lowest BCUT2D eigenvalue weighted by Crippen LogP contribution is -2.32. The second kappa shape index (κ2) is 10.0. The number of hydrogen-bond donors (Lipinski definition) is 1. The predicted octanol–water partition coefficient (Wildman–Crippen LogP) is 3.82. The number of carbonyl (C=O) groups excluding carboxylic acids is 1. The van der Waals surface area contributed by atoms with Crippen LogP contribution in [0.5, 0.6) is 0 Å². The van der Waals surface area contributed by atoms with Crippen LogP contribution in [-0.2, 0) is 23.0 Å². The number of rotatable bonds is 9. The number of alkyl halides is 1. The maximum atomic E-state index is 12.5. The minimum atomic E-state index is -3.60. The van der Waals surface area contributed by atoms with Gasteiger partial charge in [-0.3, -0.25) is 4.79 Å². The Labute approximate surface area is 172 Å². The van der Waals surface area contributed by atoms with Crippen LogP contribution >= 0.6 is 11.6 Å². The van der Waals surface area contributed by atoms with E-state index in [1.807, 2.05) is 26.0 Å². The monoisotopic (exact) mass is 422 g/mol. The van der Waals surface area contributed by atoms with Gasteiger partial charge in [-0.1, -0.05) is 24.3 Å². The number of benzene rings is 2. The van der Waals surface area contributed by atoms with Crippen molar-refractivity contribution in [3.05, 3.63) is 65.2 Å². The first-order chi connectivity index (χ1) is 13.2. The van der Waals surface area contributed by atoms with Crippen LogP contribution < -0.4 is 4.72 Å². The topological polar surface area (TPSA) is 66.5 Å². The largest absolute Gasteiger partial charge is 0.339 e. The van der Waals surface area contributed by atoms with E-state index in [1.54, 1.807) is 48.3 Å². The molecule has 2 aromatic rings. The molecule has 0 atom stereocenters. The first-order valence-corrected chi connectivity index (χ1v) is 11.3. The molecule has 0 aromatic heterocycles. The van der Waals surface area contributed by atoms with E-state index in [4.69, 9.17) is 11.6 Å². The molecular weight excluding hydrogens is 396 g/mol. The summed E-state index contributed by atoms with van der Waals surface area (Å²) >= 11 is 5.68. The number of amides is 1. The molecule has 152 valence electrons. The molecule has 0 radical (unpaired) electrons. The van der Waals surface area contributed by atoms with Crippen LogP contribution in [-0.4, -0.2) is 38.2 Å². The van der Waals surface area contributed by atoms with Gasteiger partial charge in [-0.15, -0.1) is 11.6 Å². The third kappa shape index (κ3) is 6.06. The van der Waals surface area contributed by atoms with Crippen molar-refractivity contribution in [3.63, 3.8) is 0 Å². The van der Waals surface area contributed by atoms with Gasteiger partial charge in [0.25, 0.3) is 5.91 Å². The second-order valence-electron chi connectivity index (χ2n) is 6.97. The Bertz CT molecular complexity index is 879. The van der Waals surface area contributed by atoms with Crippen molar-refractivity contribution in [3.8, 4) is 0 Å². The minimum absolute atomic E-state index is 0.0589. The van der Waals surface area contributed by atoms with E-state index in [2.05, 4.69) is 4.72 Å². The Hall–Kier alpha value is -1.89. The van der Waals surface area contributed by atoms with Gasteiger partial charge in [0.2, 0.25) is 10.0 Å². The molecule has 1 N–H and O–H groups in total. The molecule has 1 amide bonds. The number of nitrogens with zero attached hydrogens (tertiary/aromatic N) is 1. The van der Waals surface area contributed by atoms with Gasteiger partial charge < -0.3 is 4.90 Å². The van der Waals surface area contributed by atoms with E-state index in [1.165, 1.54) is 0 Å². The average Bonchev–Trinajstić information content (AvgIpc) is 2.70. The van der Waals surface area contributed by atoms with Gasteiger partial charge in [0.1, 0.15) is 0 Å². The first kappa shape index (κ1) is 22.4. The minimum Gasteiger partial charge on any atom is -0.339 e. The Balaban J connectivity index is 1.99. The van der Waals surface area contributed by atoms with Gasteiger partial charge >= 0.3 is 0 Å². The van der Waals surface area contributed by atoms with Gasteiger partial charge in [-0.05, 0) is 62.1 Å². The lowest BCUT2D eigenvalue weighted by Gasteiger charge is -2.21. The highest BCUT2D eigenvalue weighted by Crippen LogP contribution is 2.14. The number of sulfonamides is 1. The molecule has 0 aliphatic rings. The standard InChI is InChI=1S/C21H27ClN2O3S/c1-16(2)24(3)21(25)19-10-6-18(7-11-19)15-23-28(26,27)20-12-8-17(9-13-20)5-4-14-22/h6-13,16,23H,4-5,14-15H2,1-3H3. The fourth-order valence-corrected chi connectivity index (χ4v) is 3.72. The van der Waals surface area contributed by atoms with E-state index in [0.29, 0.717) is 11.4 Å². The average molecular weight is 423 g/mol. The third-order valence-electron chi connectivity index (χ3n) is 4.59. The van der Waals surface area contributed by atoms with Gasteiger partial charge in [0, 0.05) is 31.1 Å². The van der Waals surface area contributed by atoms with E-state index >= 15 is 0 Å². The number of aryl methyl sites for hydroxylation is 1. The summed E-state index contributed by atoms with van der Waals surface area (Å²) in [7, 11) is -1.84. The highest BCUT2D eigenvalue weighted by atomic mass is 35.5. The SMILES string of the molecule is CC(C)N(C)C(=O)c1ccc(CNS(=O)(=O)c2ccc(CCCCl)cc2)cc1. The highest BCUT2D eigenvalue weighted by Gasteiger charge is 2.15. The Morgan fingerprint density at radius 2 is 1.61 bits per heavy atom. The lowest BCUT2D eigenvalue weighted by atomic mass is 10.1. The molecule has 2 aromatic carbocycles. The van der Waals surface area contributed by atoms with Crippen molar-refractivity contribution < 1.29 is 13.2 Å². The molecule has 0 heterocycles. The maximum Gasteiger partial charge on any atom is 0.253 e. The van der Waals surface area contributed by atoms with Crippen LogP contribution in [0.3, 0.4) is 0 Å². The summed E-state index contributed by atoms with van der Waals surface area (Å²) in [6, 6.07) is 13.9. The molecule has 0 saturated heterocycles. The van der Waals surface area contributed by atoms with Gasteiger partial charge in [-0.25, -0.2) is 13.1 Å². The summed E-state index contributed by atoms with van der Waals surface area (Å²) in [6.45, 7) is 4.06. The number of halogens is 1. The zero-order valence-electron chi connectivity index (χ0n) is 16.5. The molecular formula is C21H27ClN2O3S. The Kier molecular flexibility index (Phi) is 8.04. The van der Waals surface area contributed by atoms with Crippen LogP contribution in [0.15, 0.2) is 53.4 Å². The molecule has 0 aliphatic carbocycles. The predicted molar refractivity (Wildman–Crippen MR) is 113 cm³/mol. The van der Waals surface area contributed by atoms with E-state index in [0.717, 1.165) is 24.0 Å². The van der Waals surface area contributed by atoms with Gasteiger partial charge in [0.05, 0.1) is 4.90 Å². The fourth-order valence-electron chi connectivity index (χ4n) is 2.57. The quantitative estimate of drug-likeness (QED) is 0.624. The first-order valence-electron chi connectivity index (χ1n) is 9.25. The highest BCUT2D eigenvalue weighted by molar-refractivity contribution is 7.89. The summed E-state index contributed by atoms with van der Waals surface area (Å²) < 4.78 is 27.6. The van der Waals surface area contributed by atoms with Crippen molar-refractivity contribution in [1.82, 2.24) is 9.62 Å². The summed E-state index contributed by atoms with van der Waals surface area (Å²) in [6.07, 6.45) is 1.69. The number of hydrogen-bond acceptors (Lipinski definition) is 3. The summed E-state index contributed by atoms with van der Waals surface area (Å²) in [5.41, 5.74) is 2.42. The zero-order valence-corrected chi connectivity index (χ0v) is 18.1. The summed E-state index contributed by atoms with van der Waals surface area (Å²) in [5.74, 6) is 0.524. The van der Waals surface area contributed by atoms with Crippen LogP contribution in [0.4, 0.5) is 0 Å². The summed E-state index contributed by atoms with van der Waals surface area (Å²) in [4.78, 5) is 14.2. The Morgan fingerprint density at radius 3 is 2.14 bits per heavy atom. The van der Waals surface area contributed by atoms with E-state index < -0.39 is 10.0 Å². The molecule has 0 aliphatic heterocycles. The van der Waals surface area contributed by atoms with Crippen LogP contribution in [0.1, 0.15) is 41.8 Å². The van der Waals surface area contributed by atoms with Crippen molar-refractivity contribution >= 4 is 27.5 Å². The zero-order chi connectivity index (χ0) is 20.7. The van der Waals surface area contributed by atoms with Crippen molar-refractivity contribution in [2.45, 2.75) is 44.2 Å². The summed E-state index contributed by atoms with van der Waals surface area (Å²) in [5, 5.41) is 0. The second-order valence-corrected chi connectivity index (χ2v) is 9.11. The number of carbonyl (C=O) groups is 1. The molecule has 0 bridgehead atoms. The Morgan fingerprint density at radius 1 is 1.04 bits per heavy atom. The van der Waals surface area contributed by atoms with Crippen LogP contribution in [0.2, 0.25) is 0 Å². The van der Waals surface area contributed by atoms with E-state index in [-0.39, 0.29) is 23.4 Å². The number of nitrogens with one attached hydrogen (secondary N) is 1. The van der Waals surface area contributed by atoms with Crippen molar-refractivity contribution in [2.24, 2.45) is 0 Å². The molecule has 0 fully saturated rings. The normalized spacial score (nSPS) is 11.6. The van der Waals surface area contributed by atoms with E-state index in [9.17, 15) is 13.2 Å². The van der Waals surface area contributed by atoms with Gasteiger partial charge in [0.15, 0.2) is 0 Å². The van der Waals surface area contributed by atoms with Crippen molar-refractivity contribution in [1.29, 1.82) is 0 Å². The molecule has 5 nitrogen and oxygen atoms in total. The van der Waals surface area contributed by atoms with Crippen LogP contribution in [0.25, 0.3) is 0 Å². The smallest absolute Gasteiger partial charge is 0.253 e. The molecule has 0 saturated carbocycles. The van der Waals surface area contributed by atoms with Crippen LogP contribution in [0, 0.1) is 0 Å².